The van der Waals surface area contributed by atoms with Gasteiger partial charge >= 0.3 is 0 Å². The predicted molar refractivity (Wildman–Crippen MR) is 103 cm³/mol. The molecule has 0 atom stereocenters. The van der Waals surface area contributed by atoms with Gasteiger partial charge in [0.1, 0.15) is 23.7 Å². The third-order valence-corrected chi connectivity index (χ3v) is 4.01. The maximum Gasteiger partial charge on any atom is 0.233 e. The van der Waals surface area contributed by atoms with Crippen LogP contribution in [-0.4, -0.2) is 33.1 Å². The zero-order chi connectivity index (χ0) is 19.8. The molecule has 0 aliphatic rings. The zero-order valence-electron chi connectivity index (χ0n) is 15.3. The first-order valence-electron chi connectivity index (χ1n) is 8.07. The lowest BCUT2D eigenvalue weighted by Crippen LogP contribution is -2.27. The molecular weight excluding hydrogens is 372 g/mol. The molecule has 0 bridgehead atoms. The van der Waals surface area contributed by atoms with Crippen molar-refractivity contribution >= 4 is 29.1 Å². The average Bonchev–Trinajstić information content (AvgIpc) is 2.67. The Labute approximate surface area is 162 Å². The summed E-state index contributed by atoms with van der Waals surface area (Å²) in [6, 6.07) is 10.3. The summed E-state index contributed by atoms with van der Waals surface area (Å²) in [6.45, 7) is 0.314. The zero-order valence-corrected chi connectivity index (χ0v) is 16.1. The van der Waals surface area contributed by atoms with E-state index in [-0.39, 0.29) is 6.42 Å². The molecule has 0 fully saturated rings. The molecule has 2 aromatic carbocycles. The molecule has 2 N–H and O–H groups in total. The van der Waals surface area contributed by atoms with Gasteiger partial charge in [-0.15, -0.1) is 0 Å². The third kappa shape index (κ3) is 5.79. The fourth-order valence-electron chi connectivity index (χ4n) is 2.30. The Kier molecular flexibility index (Phi) is 7.31. The summed E-state index contributed by atoms with van der Waals surface area (Å²) in [5, 5.41) is 5.67. The van der Waals surface area contributed by atoms with Crippen LogP contribution in [0.4, 0.5) is 5.69 Å². The lowest BCUT2D eigenvalue weighted by Gasteiger charge is -2.13. The minimum absolute atomic E-state index is 0.314. The van der Waals surface area contributed by atoms with E-state index < -0.39 is 11.8 Å². The summed E-state index contributed by atoms with van der Waals surface area (Å²) in [4.78, 5) is 24.2. The summed E-state index contributed by atoms with van der Waals surface area (Å²) in [7, 11) is 4.50. The Morgan fingerprint density at radius 3 is 2.19 bits per heavy atom. The van der Waals surface area contributed by atoms with Crippen LogP contribution in [0.5, 0.6) is 17.2 Å². The molecule has 0 saturated heterocycles. The Balaban J connectivity index is 1.91. The number of anilines is 1. The van der Waals surface area contributed by atoms with Gasteiger partial charge in [-0.25, -0.2) is 0 Å². The average molecular weight is 393 g/mol. The van der Waals surface area contributed by atoms with E-state index in [2.05, 4.69) is 10.6 Å². The summed E-state index contributed by atoms with van der Waals surface area (Å²) >= 11 is 6.03. The fourth-order valence-corrected chi connectivity index (χ4v) is 2.54. The molecule has 144 valence electrons. The molecular formula is C19H21ClN2O5. The molecule has 0 aliphatic carbocycles. The fraction of sp³-hybridized carbons (Fsp3) is 0.263. The minimum atomic E-state index is -0.482. The van der Waals surface area contributed by atoms with Crippen LogP contribution < -0.4 is 24.8 Å². The van der Waals surface area contributed by atoms with E-state index >= 15 is 0 Å². The molecule has 2 rings (SSSR count). The van der Waals surface area contributed by atoms with E-state index in [0.717, 1.165) is 11.3 Å². The highest BCUT2D eigenvalue weighted by Crippen LogP contribution is 2.35. The number of amides is 2. The smallest absolute Gasteiger partial charge is 0.233 e. The van der Waals surface area contributed by atoms with Crippen LogP contribution in [0.2, 0.25) is 5.02 Å². The topological polar surface area (TPSA) is 85.9 Å². The third-order valence-electron chi connectivity index (χ3n) is 3.72. The van der Waals surface area contributed by atoms with Gasteiger partial charge in [-0.1, -0.05) is 23.7 Å². The van der Waals surface area contributed by atoms with Crippen LogP contribution in [0.1, 0.15) is 12.0 Å². The van der Waals surface area contributed by atoms with Crippen LogP contribution in [0.25, 0.3) is 0 Å². The van der Waals surface area contributed by atoms with Gasteiger partial charge in [0, 0.05) is 18.7 Å². The van der Waals surface area contributed by atoms with Gasteiger partial charge in [0.05, 0.1) is 32.0 Å². The highest BCUT2D eigenvalue weighted by molar-refractivity contribution is 6.32. The van der Waals surface area contributed by atoms with Crippen LogP contribution in [0.3, 0.4) is 0 Å². The van der Waals surface area contributed by atoms with Crippen LogP contribution in [0.15, 0.2) is 36.4 Å². The van der Waals surface area contributed by atoms with Gasteiger partial charge in [-0.05, 0) is 17.7 Å². The number of carbonyl (C=O) groups is 2. The summed E-state index contributed by atoms with van der Waals surface area (Å²) < 4.78 is 15.4. The van der Waals surface area contributed by atoms with Crippen molar-refractivity contribution in [2.75, 3.05) is 26.6 Å². The van der Waals surface area contributed by atoms with E-state index in [1.165, 1.54) is 26.4 Å². The van der Waals surface area contributed by atoms with Crippen molar-refractivity contribution in [2.45, 2.75) is 13.0 Å². The molecule has 0 unspecified atom stereocenters. The Bertz CT molecular complexity index is 808. The predicted octanol–water partition coefficient (Wildman–Crippen LogP) is 3.01. The number of ether oxygens (including phenoxy) is 3. The number of hydrogen-bond donors (Lipinski definition) is 2. The van der Waals surface area contributed by atoms with Gasteiger partial charge in [-0.2, -0.15) is 0 Å². The number of benzene rings is 2. The summed E-state index contributed by atoms with van der Waals surface area (Å²) in [6.07, 6.45) is -0.329. The molecule has 2 amide bonds. The van der Waals surface area contributed by atoms with E-state index in [0.29, 0.717) is 28.8 Å². The highest BCUT2D eigenvalue weighted by atomic mass is 35.5. The van der Waals surface area contributed by atoms with Crippen LogP contribution in [-0.2, 0) is 16.1 Å². The van der Waals surface area contributed by atoms with Gasteiger partial charge in [-0.3, -0.25) is 9.59 Å². The first-order valence-corrected chi connectivity index (χ1v) is 8.45. The molecule has 0 aliphatic heterocycles. The number of halogens is 1. The molecule has 0 spiro atoms. The normalized spacial score (nSPS) is 10.1. The van der Waals surface area contributed by atoms with E-state index in [1.807, 2.05) is 12.1 Å². The number of rotatable bonds is 8. The van der Waals surface area contributed by atoms with E-state index in [9.17, 15) is 9.59 Å². The van der Waals surface area contributed by atoms with Gasteiger partial charge in [0.25, 0.3) is 0 Å². The largest absolute Gasteiger partial charge is 0.497 e. The molecule has 8 heteroatoms. The molecule has 27 heavy (non-hydrogen) atoms. The first-order chi connectivity index (χ1) is 13.0. The van der Waals surface area contributed by atoms with Crippen LogP contribution >= 0.6 is 11.6 Å². The molecule has 0 radical (unpaired) electrons. The minimum Gasteiger partial charge on any atom is -0.497 e. The lowest BCUT2D eigenvalue weighted by molar-refractivity contribution is -0.126. The molecule has 2 aromatic rings. The summed E-state index contributed by atoms with van der Waals surface area (Å²) in [5.74, 6) is 0.606. The lowest BCUT2D eigenvalue weighted by atomic mass is 10.2. The second kappa shape index (κ2) is 9.68. The van der Waals surface area contributed by atoms with E-state index in [1.54, 1.807) is 19.2 Å². The molecule has 0 saturated carbocycles. The van der Waals surface area contributed by atoms with Crippen molar-refractivity contribution in [3.8, 4) is 17.2 Å². The molecule has 0 aromatic heterocycles. The molecule has 7 nitrogen and oxygen atoms in total. The van der Waals surface area contributed by atoms with Crippen molar-refractivity contribution in [1.29, 1.82) is 0 Å². The standard InChI is InChI=1S/C19H21ClN2O5/c1-25-13-6-4-12(5-7-13)11-21-18(23)10-19(24)22-15-9-16(26-2)14(20)8-17(15)27-3/h4-9H,10-11H2,1-3H3,(H,21,23)(H,22,24). The first kappa shape index (κ1) is 20.4. The van der Waals surface area contributed by atoms with Crippen molar-refractivity contribution in [2.24, 2.45) is 0 Å². The highest BCUT2D eigenvalue weighted by Gasteiger charge is 2.15. The SMILES string of the molecule is COc1ccc(CNC(=O)CC(=O)Nc2cc(OC)c(Cl)cc2OC)cc1. The Morgan fingerprint density at radius 2 is 1.59 bits per heavy atom. The second-order valence-electron chi connectivity index (χ2n) is 5.54. The van der Waals surface area contributed by atoms with Crippen molar-refractivity contribution in [3.63, 3.8) is 0 Å². The molecule has 0 heterocycles. The van der Waals surface area contributed by atoms with Crippen LogP contribution in [0, 0.1) is 0 Å². The summed E-state index contributed by atoms with van der Waals surface area (Å²) in [5.41, 5.74) is 1.26. The van der Waals surface area contributed by atoms with Crippen molar-refractivity contribution in [3.05, 3.63) is 47.0 Å². The van der Waals surface area contributed by atoms with Gasteiger partial charge in [0.2, 0.25) is 11.8 Å². The monoisotopic (exact) mass is 392 g/mol. The van der Waals surface area contributed by atoms with Crippen molar-refractivity contribution < 1.29 is 23.8 Å². The number of nitrogens with one attached hydrogen (secondary N) is 2. The second-order valence-corrected chi connectivity index (χ2v) is 5.94. The number of hydrogen-bond acceptors (Lipinski definition) is 5. The maximum absolute atomic E-state index is 12.2. The maximum atomic E-state index is 12.2. The Hall–Kier alpha value is -2.93. The quantitative estimate of drug-likeness (QED) is 0.674. The number of methoxy groups -OCH3 is 3. The van der Waals surface area contributed by atoms with Gasteiger partial charge in [0.15, 0.2) is 0 Å². The van der Waals surface area contributed by atoms with Crippen molar-refractivity contribution in [1.82, 2.24) is 5.32 Å². The van der Waals surface area contributed by atoms with Gasteiger partial charge < -0.3 is 24.8 Å². The number of carbonyl (C=O) groups excluding carboxylic acids is 2. The Morgan fingerprint density at radius 1 is 0.926 bits per heavy atom. The van der Waals surface area contributed by atoms with E-state index in [4.69, 9.17) is 25.8 Å².